The lowest BCUT2D eigenvalue weighted by Gasteiger charge is -2.16. The molecule has 1 heterocycles. The number of carbonyl (C=O) groups excluding carboxylic acids is 1. The van der Waals surface area contributed by atoms with Crippen molar-refractivity contribution in [1.82, 2.24) is 9.88 Å². The van der Waals surface area contributed by atoms with E-state index >= 15 is 0 Å². The molecule has 0 aliphatic rings. The number of carboxylic acids is 1. The normalized spacial score (nSPS) is 12.2. The van der Waals surface area contributed by atoms with Crippen LogP contribution in [0.4, 0.5) is 5.69 Å². The highest BCUT2D eigenvalue weighted by molar-refractivity contribution is 5.96. The molecule has 2 N–H and O–H groups in total. The molecule has 1 aromatic rings. The Morgan fingerprint density at radius 1 is 1.50 bits per heavy atom. The topological polar surface area (TPSA) is 114 Å². The zero-order valence-electron chi connectivity index (χ0n) is 11.5. The van der Waals surface area contributed by atoms with E-state index in [9.17, 15) is 19.7 Å². The van der Waals surface area contributed by atoms with Gasteiger partial charge < -0.3 is 15.0 Å². The molecular weight excluding hydrogens is 266 g/mol. The maximum absolute atomic E-state index is 12.0. The number of aromatic nitrogens is 1. The number of aryl methyl sites for hydroxylation is 1. The van der Waals surface area contributed by atoms with E-state index in [2.05, 4.69) is 5.32 Å². The molecule has 0 saturated carbocycles. The first-order valence-electron chi connectivity index (χ1n) is 6.06. The highest BCUT2D eigenvalue weighted by Gasteiger charge is 2.24. The van der Waals surface area contributed by atoms with Crippen molar-refractivity contribution in [1.29, 1.82) is 0 Å². The molecule has 0 aliphatic carbocycles. The summed E-state index contributed by atoms with van der Waals surface area (Å²) in [6, 6.07) is 0.0975. The van der Waals surface area contributed by atoms with Crippen LogP contribution in [0.15, 0.2) is 12.3 Å². The summed E-state index contributed by atoms with van der Waals surface area (Å²) in [5.74, 6) is -1.68. The molecule has 0 aliphatic heterocycles. The second kappa shape index (κ2) is 6.18. The van der Waals surface area contributed by atoms with Gasteiger partial charge in [0.2, 0.25) is 0 Å². The molecule has 1 amide bonds. The number of amides is 1. The van der Waals surface area contributed by atoms with Gasteiger partial charge in [0.15, 0.2) is 0 Å². The van der Waals surface area contributed by atoms with Crippen LogP contribution in [0.1, 0.15) is 30.8 Å². The number of hydrogen-bond donors (Lipinski definition) is 2. The SMILES string of the molecule is CC(C)CC(NC(=O)c1cc([N+](=O)[O-])cn1C)C(=O)O. The van der Waals surface area contributed by atoms with Crippen LogP contribution < -0.4 is 5.32 Å². The molecule has 1 rings (SSSR count). The van der Waals surface area contributed by atoms with Crippen molar-refractivity contribution in [2.45, 2.75) is 26.3 Å². The fraction of sp³-hybridized carbons (Fsp3) is 0.500. The minimum absolute atomic E-state index is 0.0479. The Morgan fingerprint density at radius 2 is 2.10 bits per heavy atom. The molecule has 8 heteroatoms. The van der Waals surface area contributed by atoms with Crippen LogP contribution in [0.2, 0.25) is 0 Å². The molecule has 1 atom stereocenters. The largest absolute Gasteiger partial charge is 0.480 e. The van der Waals surface area contributed by atoms with Crippen molar-refractivity contribution in [3.05, 3.63) is 28.1 Å². The number of aliphatic carboxylic acids is 1. The third kappa shape index (κ3) is 3.81. The summed E-state index contributed by atoms with van der Waals surface area (Å²) in [5.41, 5.74) is -0.167. The van der Waals surface area contributed by atoms with Gasteiger partial charge in [0.25, 0.3) is 11.6 Å². The predicted octanol–water partition coefficient (Wildman–Crippen LogP) is 1.16. The third-order valence-corrected chi connectivity index (χ3v) is 2.74. The van der Waals surface area contributed by atoms with Gasteiger partial charge in [-0.15, -0.1) is 0 Å². The van der Waals surface area contributed by atoms with E-state index in [1.807, 2.05) is 13.8 Å². The summed E-state index contributed by atoms with van der Waals surface area (Å²) in [5, 5.41) is 22.1. The lowest BCUT2D eigenvalue weighted by Crippen LogP contribution is -2.42. The second-order valence-corrected chi connectivity index (χ2v) is 4.95. The molecule has 1 aromatic heterocycles. The second-order valence-electron chi connectivity index (χ2n) is 4.95. The maximum atomic E-state index is 12.0. The third-order valence-electron chi connectivity index (χ3n) is 2.74. The minimum Gasteiger partial charge on any atom is -0.480 e. The zero-order valence-corrected chi connectivity index (χ0v) is 11.5. The number of nitro groups is 1. The van der Waals surface area contributed by atoms with Gasteiger partial charge in [0.05, 0.1) is 11.1 Å². The fourth-order valence-electron chi connectivity index (χ4n) is 1.80. The summed E-state index contributed by atoms with van der Waals surface area (Å²) < 4.78 is 1.29. The Morgan fingerprint density at radius 3 is 2.50 bits per heavy atom. The summed E-state index contributed by atoms with van der Waals surface area (Å²) >= 11 is 0. The van der Waals surface area contributed by atoms with Crippen LogP contribution in [-0.2, 0) is 11.8 Å². The molecule has 0 radical (unpaired) electrons. The molecule has 0 saturated heterocycles. The molecule has 0 fully saturated rings. The van der Waals surface area contributed by atoms with Gasteiger partial charge in [-0.05, 0) is 12.3 Å². The first-order chi connectivity index (χ1) is 9.22. The number of carboxylic acid groups (broad SMARTS) is 1. The van der Waals surface area contributed by atoms with Crippen molar-refractivity contribution in [2.75, 3.05) is 0 Å². The van der Waals surface area contributed by atoms with Crippen LogP contribution in [-0.4, -0.2) is 32.5 Å². The minimum atomic E-state index is -1.13. The number of carbonyl (C=O) groups is 2. The van der Waals surface area contributed by atoms with Gasteiger partial charge in [-0.2, -0.15) is 0 Å². The quantitative estimate of drug-likeness (QED) is 0.600. The fourth-order valence-corrected chi connectivity index (χ4v) is 1.80. The molecule has 20 heavy (non-hydrogen) atoms. The van der Waals surface area contributed by atoms with Crippen LogP contribution in [0.3, 0.4) is 0 Å². The number of nitrogens with one attached hydrogen (secondary N) is 1. The monoisotopic (exact) mass is 283 g/mol. The summed E-state index contributed by atoms with van der Waals surface area (Å²) in [6.07, 6.45) is 1.49. The first-order valence-corrected chi connectivity index (χ1v) is 6.06. The van der Waals surface area contributed by atoms with Crippen molar-refractivity contribution < 1.29 is 19.6 Å². The van der Waals surface area contributed by atoms with E-state index < -0.39 is 22.8 Å². The van der Waals surface area contributed by atoms with E-state index in [0.29, 0.717) is 0 Å². The molecule has 0 aromatic carbocycles. The van der Waals surface area contributed by atoms with Gasteiger partial charge in [0.1, 0.15) is 11.7 Å². The maximum Gasteiger partial charge on any atom is 0.326 e. The standard InChI is InChI=1S/C12H17N3O5/c1-7(2)4-9(12(17)18)13-11(16)10-5-8(15(19)20)6-14(10)3/h5-7,9H,4H2,1-3H3,(H,13,16)(H,17,18). The number of nitrogens with zero attached hydrogens (tertiary/aromatic N) is 2. The van der Waals surface area contributed by atoms with Gasteiger partial charge in [-0.25, -0.2) is 4.79 Å². The van der Waals surface area contributed by atoms with Gasteiger partial charge in [-0.1, -0.05) is 13.8 Å². The Hall–Kier alpha value is -2.38. The van der Waals surface area contributed by atoms with Crippen LogP contribution >= 0.6 is 0 Å². The average Bonchev–Trinajstić information content (AvgIpc) is 2.69. The lowest BCUT2D eigenvalue weighted by atomic mass is 10.0. The molecule has 0 spiro atoms. The summed E-state index contributed by atoms with van der Waals surface area (Å²) in [7, 11) is 1.49. The van der Waals surface area contributed by atoms with E-state index in [0.717, 1.165) is 6.07 Å². The van der Waals surface area contributed by atoms with E-state index in [1.165, 1.54) is 17.8 Å². The molecule has 8 nitrogen and oxygen atoms in total. The first kappa shape index (κ1) is 15.7. The number of rotatable bonds is 6. The van der Waals surface area contributed by atoms with Crippen molar-refractivity contribution in [3.63, 3.8) is 0 Å². The Balaban J connectivity index is 2.89. The lowest BCUT2D eigenvalue weighted by molar-refractivity contribution is -0.384. The van der Waals surface area contributed by atoms with Gasteiger partial charge in [-0.3, -0.25) is 14.9 Å². The van der Waals surface area contributed by atoms with Crippen molar-refractivity contribution in [3.8, 4) is 0 Å². The van der Waals surface area contributed by atoms with Gasteiger partial charge >= 0.3 is 5.97 Å². The summed E-state index contributed by atoms with van der Waals surface area (Å²) in [6.45, 7) is 3.69. The smallest absolute Gasteiger partial charge is 0.326 e. The predicted molar refractivity (Wildman–Crippen MR) is 70.4 cm³/mol. The zero-order chi connectivity index (χ0) is 15.4. The highest BCUT2D eigenvalue weighted by atomic mass is 16.6. The van der Waals surface area contributed by atoms with E-state index in [-0.39, 0.29) is 23.7 Å². The van der Waals surface area contributed by atoms with Crippen LogP contribution in [0.25, 0.3) is 0 Å². The van der Waals surface area contributed by atoms with E-state index in [4.69, 9.17) is 5.11 Å². The highest BCUT2D eigenvalue weighted by Crippen LogP contribution is 2.15. The van der Waals surface area contributed by atoms with Crippen molar-refractivity contribution in [2.24, 2.45) is 13.0 Å². The van der Waals surface area contributed by atoms with Crippen LogP contribution in [0.5, 0.6) is 0 Å². The number of hydrogen-bond acceptors (Lipinski definition) is 4. The molecular formula is C12H17N3O5. The van der Waals surface area contributed by atoms with Crippen molar-refractivity contribution >= 4 is 17.6 Å². The summed E-state index contributed by atoms with van der Waals surface area (Å²) in [4.78, 5) is 33.1. The molecule has 0 bridgehead atoms. The molecule has 110 valence electrons. The Labute approximate surface area is 115 Å². The Bertz CT molecular complexity index is 535. The van der Waals surface area contributed by atoms with Crippen LogP contribution in [0, 0.1) is 16.0 Å². The van der Waals surface area contributed by atoms with Gasteiger partial charge in [0, 0.05) is 13.1 Å². The average molecular weight is 283 g/mol. The van der Waals surface area contributed by atoms with E-state index in [1.54, 1.807) is 0 Å². The molecule has 1 unspecified atom stereocenters. The Kier molecular flexibility index (Phi) is 4.84.